The van der Waals surface area contributed by atoms with Crippen LogP contribution in [0.2, 0.25) is 0 Å². The summed E-state index contributed by atoms with van der Waals surface area (Å²) in [6.45, 7) is 7.64. The van der Waals surface area contributed by atoms with Crippen molar-refractivity contribution in [2.75, 3.05) is 19.8 Å². The monoisotopic (exact) mass is 418 g/mol. The number of ether oxygens (including phenoxy) is 1. The van der Waals surface area contributed by atoms with Crippen LogP contribution in [0.1, 0.15) is 78.6 Å². The standard InChI is InChI=1S/C13H26O3S.C5H10.2CH3.Fe/c1-13(2,3)17(15)12-7-4-6-11(12)10-16-9-5-8-14;1-2-4-5-3-1;;;/h11-12,14H,4-10H2,1-3H3;1-5H2;2*1H3;/q;;2*-1;+2. The zero-order chi connectivity index (χ0) is 16.4. The van der Waals surface area contributed by atoms with E-state index in [-0.39, 0.29) is 43.3 Å². The number of rotatable bonds is 6. The Morgan fingerprint density at radius 3 is 1.96 bits per heavy atom. The van der Waals surface area contributed by atoms with E-state index in [0.29, 0.717) is 30.8 Å². The number of hydrogen-bond acceptors (Lipinski definition) is 3. The van der Waals surface area contributed by atoms with E-state index in [2.05, 4.69) is 0 Å². The van der Waals surface area contributed by atoms with Crippen molar-refractivity contribution in [2.45, 2.75) is 88.6 Å². The summed E-state index contributed by atoms with van der Waals surface area (Å²) in [5, 5.41) is 8.97. The Balaban J connectivity index is -0.000000522. The van der Waals surface area contributed by atoms with Gasteiger partial charge in [-0.25, -0.2) is 0 Å². The van der Waals surface area contributed by atoms with Crippen LogP contribution in [-0.4, -0.2) is 39.1 Å². The predicted molar refractivity (Wildman–Crippen MR) is 107 cm³/mol. The average molecular weight is 418 g/mol. The molecule has 0 radical (unpaired) electrons. The Bertz CT molecular complexity index is 307. The second-order valence-corrected chi connectivity index (χ2v) is 9.98. The van der Waals surface area contributed by atoms with Crippen LogP contribution in [-0.2, 0) is 32.6 Å². The molecule has 5 heteroatoms. The molecule has 3 atom stereocenters. The van der Waals surface area contributed by atoms with Crippen molar-refractivity contribution in [1.29, 1.82) is 0 Å². The SMILES string of the molecule is C1CCCC1.CC(C)(C)S(=O)C1CCCC1COCCCO.[CH3-].[CH3-].[Fe+2]. The molecule has 3 nitrogen and oxygen atoms in total. The summed E-state index contributed by atoms with van der Waals surface area (Å²) >= 11 is 0. The maximum absolute atomic E-state index is 12.4. The molecule has 2 rings (SSSR count). The van der Waals surface area contributed by atoms with Gasteiger partial charge in [-0.05, 0) is 46.0 Å². The molecule has 1 N–H and O–H groups in total. The van der Waals surface area contributed by atoms with Gasteiger partial charge in [-0.3, -0.25) is 4.21 Å². The normalized spacial score (nSPS) is 23.4. The van der Waals surface area contributed by atoms with Crippen LogP contribution >= 0.6 is 0 Å². The molecular weight excluding hydrogens is 376 g/mol. The number of hydrogen-bond donors (Lipinski definition) is 1. The van der Waals surface area contributed by atoms with E-state index in [4.69, 9.17) is 9.84 Å². The molecule has 2 saturated carbocycles. The van der Waals surface area contributed by atoms with Gasteiger partial charge in [0.2, 0.25) is 0 Å². The molecule has 0 heterocycles. The molecule has 0 saturated heterocycles. The van der Waals surface area contributed by atoms with Crippen LogP contribution < -0.4 is 0 Å². The summed E-state index contributed by atoms with van der Waals surface area (Å²) in [6.07, 6.45) is 11.6. The van der Waals surface area contributed by atoms with Gasteiger partial charge in [0.1, 0.15) is 0 Å². The topological polar surface area (TPSA) is 46.5 Å². The Labute approximate surface area is 171 Å². The van der Waals surface area contributed by atoms with Gasteiger partial charge in [0.05, 0.1) is 6.61 Å². The molecule has 0 bridgehead atoms. The van der Waals surface area contributed by atoms with E-state index in [1.54, 1.807) is 0 Å². The summed E-state index contributed by atoms with van der Waals surface area (Å²) in [4.78, 5) is 0. The summed E-state index contributed by atoms with van der Waals surface area (Å²) in [5.41, 5.74) is 0. The molecule has 2 aliphatic rings. The van der Waals surface area contributed by atoms with Gasteiger partial charge >= 0.3 is 17.1 Å². The van der Waals surface area contributed by atoms with Crippen molar-refractivity contribution in [2.24, 2.45) is 5.92 Å². The fourth-order valence-electron chi connectivity index (χ4n) is 3.21. The maximum atomic E-state index is 12.4. The Kier molecular flexibility index (Phi) is 20.3. The number of aliphatic hydroxyl groups is 1. The molecule has 0 spiro atoms. The molecule has 0 aromatic heterocycles. The van der Waals surface area contributed by atoms with E-state index < -0.39 is 10.8 Å². The molecule has 25 heavy (non-hydrogen) atoms. The summed E-state index contributed by atoms with van der Waals surface area (Å²) in [6, 6.07) is 0. The molecule has 3 unspecified atom stereocenters. The van der Waals surface area contributed by atoms with E-state index >= 15 is 0 Å². The molecule has 0 aliphatic heterocycles. The quantitative estimate of drug-likeness (QED) is 0.377. The van der Waals surface area contributed by atoms with Crippen molar-refractivity contribution < 1.29 is 31.1 Å². The van der Waals surface area contributed by atoms with Gasteiger partial charge in [-0.2, -0.15) is 0 Å². The first kappa shape index (κ1) is 30.3. The third-order valence-corrected chi connectivity index (χ3v) is 6.87. The van der Waals surface area contributed by atoms with E-state index in [1.165, 1.54) is 38.5 Å². The first-order valence-corrected chi connectivity index (χ1v) is 10.3. The molecule has 0 aromatic carbocycles. The minimum atomic E-state index is -0.779. The number of aliphatic hydroxyl groups excluding tert-OH is 1. The molecule has 154 valence electrons. The van der Waals surface area contributed by atoms with Gasteiger partial charge < -0.3 is 24.7 Å². The Morgan fingerprint density at radius 1 is 1.00 bits per heavy atom. The van der Waals surface area contributed by atoms with Crippen molar-refractivity contribution in [3.63, 3.8) is 0 Å². The first-order chi connectivity index (χ1) is 10.5. The minimum absolute atomic E-state index is 0. The van der Waals surface area contributed by atoms with Crippen molar-refractivity contribution in [3.05, 3.63) is 14.9 Å². The zero-order valence-corrected chi connectivity index (χ0v) is 19.1. The molecule has 0 aromatic rings. The van der Waals surface area contributed by atoms with Crippen LogP contribution in [0.4, 0.5) is 0 Å². The van der Waals surface area contributed by atoms with Crippen LogP contribution in [0.15, 0.2) is 0 Å². The van der Waals surface area contributed by atoms with Gasteiger partial charge in [0.15, 0.2) is 0 Å². The van der Waals surface area contributed by atoms with Crippen LogP contribution in [0, 0.1) is 20.8 Å². The zero-order valence-electron chi connectivity index (χ0n) is 17.2. The fourth-order valence-corrected chi connectivity index (χ4v) is 5.07. The molecule has 0 amide bonds. The van der Waals surface area contributed by atoms with E-state index in [0.717, 1.165) is 12.8 Å². The van der Waals surface area contributed by atoms with Gasteiger partial charge in [-0.1, -0.05) is 38.5 Å². The molecule has 2 fully saturated rings. The van der Waals surface area contributed by atoms with Crippen LogP contribution in [0.25, 0.3) is 0 Å². The molecular formula is C20H42FeO3S. The summed E-state index contributed by atoms with van der Waals surface area (Å²) in [7, 11) is -0.779. The van der Waals surface area contributed by atoms with Gasteiger partial charge in [-0.15, -0.1) is 0 Å². The maximum Gasteiger partial charge on any atom is 2.00 e. The van der Waals surface area contributed by atoms with Crippen molar-refractivity contribution >= 4 is 10.8 Å². The first-order valence-electron chi connectivity index (χ1n) is 9.06. The summed E-state index contributed by atoms with van der Waals surface area (Å²) < 4.78 is 17.8. The van der Waals surface area contributed by atoms with Gasteiger partial charge in [0, 0.05) is 34.0 Å². The van der Waals surface area contributed by atoms with Crippen LogP contribution in [0.5, 0.6) is 0 Å². The van der Waals surface area contributed by atoms with Crippen LogP contribution in [0.3, 0.4) is 0 Å². The smallest absolute Gasteiger partial charge is 0.396 e. The van der Waals surface area contributed by atoms with Gasteiger partial charge in [0.25, 0.3) is 0 Å². The second kappa shape index (κ2) is 16.7. The Morgan fingerprint density at radius 2 is 1.52 bits per heavy atom. The minimum Gasteiger partial charge on any atom is -0.396 e. The van der Waals surface area contributed by atoms with E-state index in [1.807, 2.05) is 20.8 Å². The third-order valence-electron chi connectivity index (χ3n) is 4.50. The third kappa shape index (κ3) is 12.6. The largest absolute Gasteiger partial charge is 2.00 e. The van der Waals surface area contributed by atoms with Crippen molar-refractivity contribution in [1.82, 2.24) is 0 Å². The summed E-state index contributed by atoms with van der Waals surface area (Å²) in [5.74, 6) is 0.439. The average Bonchev–Trinajstić information content (AvgIpc) is 3.15. The fraction of sp³-hybridized carbons (Fsp3) is 0.900. The van der Waals surface area contributed by atoms with E-state index in [9.17, 15) is 4.21 Å². The predicted octanol–water partition coefficient (Wildman–Crippen LogP) is 4.95. The molecule has 2 aliphatic carbocycles. The van der Waals surface area contributed by atoms with Crippen molar-refractivity contribution in [3.8, 4) is 0 Å². The second-order valence-electron chi connectivity index (χ2n) is 7.56. The Hall–Kier alpha value is 0.589.